The fraction of sp³-hybridized carbons (Fsp3) is 0.855. The molecule has 0 spiro atoms. The molecule has 464 valence electrons. The van der Waals surface area contributed by atoms with Crippen molar-refractivity contribution in [2.24, 2.45) is 0 Å². The standard InChI is InChI=1S/C69H131N2O7P/c1-7-10-13-16-19-22-25-28-30-32-33-34-35-36-37-38-39-40-42-44-47-50-53-56-59-62-69(73)78-67(60-57-54-51-48-45-27-24-21-18-15-12-9-3)66(65-77-79(74,75)76-64-63-71(4,5)6)70-68(72)61-58-55-52-49-46-43-41-31-29-26-23-20-17-14-11-8-2/h11,14,20,23,29,31,57,60,66-67H,7-10,12-13,15-19,21-22,24-28,30,32-56,58-59,61-65H2,1-6H3,(H-,70,72,74,75)/b14-11+,23-20+,31-29+,60-57-. The molecule has 3 atom stereocenters. The van der Waals surface area contributed by atoms with Crippen molar-refractivity contribution in [2.45, 2.75) is 341 Å². The monoisotopic (exact) mass is 1130 g/mol. The second kappa shape index (κ2) is 59.1. The summed E-state index contributed by atoms with van der Waals surface area (Å²) in [6.45, 7) is 6.76. The Balaban J connectivity index is 5.05. The number of likely N-dealkylation sites (N-methyl/N-ethyl adjacent to an activating group) is 1. The van der Waals surface area contributed by atoms with E-state index >= 15 is 0 Å². The summed E-state index contributed by atoms with van der Waals surface area (Å²) in [5, 5.41) is 3.03. The Kier molecular flexibility index (Phi) is 57.6. The van der Waals surface area contributed by atoms with E-state index in [2.05, 4.69) is 62.5 Å². The minimum Gasteiger partial charge on any atom is -0.756 e. The van der Waals surface area contributed by atoms with Gasteiger partial charge in [-0.05, 0) is 63.9 Å². The van der Waals surface area contributed by atoms with Gasteiger partial charge >= 0.3 is 5.97 Å². The van der Waals surface area contributed by atoms with Gasteiger partial charge in [-0.25, -0.2) is 0 Å². The molecule has 0 fully saturated rings. The minimum absolute atomic E-state index is 0.0240. The number of carbonyl (C=O) groups is 2. The number of hydrogen-bond donors (Lipinski definition) is 1. The predicted molar refractivity (Wildman–Crippen MR) is 339 cm³/mol. The number of carbonyl (C=O) groups excluding carboxylic acids is 2. The lowest BCUT2D eigenvalue weighted by atomic mass is 10.0. The third-order valence-corrected chi connectivity index (χ3v) is 16.2. The molecule has 0 aromatic heterocycles. The van der Waals surface area contributed by atoms with Crippen LogP contribution in [0.25, 0.3) is 0 Å². The Labute approximate surface area is 490 Å². The van der Waals surface area contributed by atoms with Gasteiger partial charge in [-0.2, -0.15) is 0 Å². The van der Waals surface area contributed by atoms with Crippen LogP contribution in [0.15, 0.2) is 48.6 Å². The van der Waals surface area contributed by atoms with E-state index in [1.54, 1.807) is 0 Å². The average molecular weight is 1130 g/mol. The van der Waals surface area contributed by atoms with Crippen molar-refractivity contribution in [3.63, 3.8) is 0 Å². The van der Waals surface area contributed by atoms with E-state index in [9.17, 15) is 19.0 Å². The van der Waals surface area contributed by atoms with Crippen LogP contribution in [0.2, 0.25) is 0 Å². The van der Waals surface area contributed by atoms with E-state index in [0.717, 1.165) is 103 Å². The van der Waals surface area contributed by atoms with Gasteiger partial charge in [0.25, 0.3) is 7.82 Å². The van der Waals surface area contributed by atoms with Gasteiger partial charge in [-0.15, -0.1) is 0 Å². The highest BCUT2D eigenvalue weighted by Crippen LogP contribution is 2.38. The van der Waals surface area contributed by atoms with Crippen LogP contribution in [0.4, 0.5) is 0 Å². The largest absolute Gasteiger partial charge is 0.756 e. The summed E-state index contributed by atoms with van der Waals surface area (Å²) >= 11 is 0. The van der Waals surface area contributed by atoms with Gasteiger partial charge < -0.3 is 28.5 Å². The molecule has 0 radical (unpaired) electrons. The van der Waals surface area contributed by atoms with E-state index < -0.39 is 26.6 Å². The van der Waals surface area contributed by atoms with Crippen LogP contribution in [-0.2, 0) is 27.9 Å². The smallest absolute Gasteiger partial charge is 0.306 e. The lowest BCUT2D eigenvalue weighted by Crippen LogP contribution is -2.47. The zero-order chi connectivity index (χ0) is 57.9. The fourth-order valence-electron chi connectivity index (χ4n) is 10.1. The zero-order valence-corrected chi connectivity index (χ0v) is 54.0. The molecule has 3 unspecified atom stereocenters. The topological polar surface area (TPSA) is 114 Å². The number of phosphoric ester groups is 1. The number of nitrogens with one attached hydrogen (secondary N) is 1. The average Bonchev–Trinajstić information content (AvgIpc) is 3.41. The number of hydrogen-bond acceptors (Lipinski definition) is 7. The summed E-state index contributed by atoms with van der Waals surface area (Å²) in [5.41, 5.74) is 0. The Morgan fingerprint density at radius 2 is 0.810 bits per heavy atom. The Bertz CT molecular complexity index is 1490. The summed E-state index contributed by atoms with van der Waals surface area (Å²) in [5.74, 6) is -0.542. The molecule has 9 nitrogen and oxygen atoms in total. The number of phosphoric acid groups is 1. The highest BCUT2D eigenvalue weighted by Gasteiger charge is 2.27. The molecule has 10 heteroatoms. The molecule has 0 rings (SSSR count). The first-order valence-corrected chi connectivity index (χ1v) is 35.4. The van der Waals surface area contributed by atoms with Crippen LogP contribution < -0.4 is 10.2 Å². The number of allylic oxidation sites excluding steroid dienone is 7. The molecule has 1 amide bonds. The lowest BCUT2D eigenvalue weighted by molar-refractivity contribution is -0.870. The maximum absolute atomic E-state index is 13.5. The number of rotatable bonds is 62. The summed E-state index contributed by atoms with van der Waals surface area (Å²) < 4.78 is 30.4. The van der Waals surface area contributed by atoms with Crippen molar-refractivity contribution in [3.8, 4) is 0 Å². The van der Waals surface area contributed by atoms with E-state index in [0.29, 0.717) is 17.4 Å². The number of esters is 1. The maximum atomic E-state index is 13.5. The second-order valence-corrected chi connectivity index (χ2v) is 25.7. The van der Waals surface area contributed by atoms with Gasteiger partial charge in [0.2, 0.25) is 5.91 Å². The quantitative estimate of drug-likeness (QED) is 0.0212. The van der Waals surface area contributed by atoms with Crippen molar-refractivity contribution in [1.82, 2.24) is 5.32 Å². The van der Waals surface area contributed by atoms with Crippen LogP contribution >= 0.6 is 7.82 Å². The molecular formula is C69H131N2O7P. The number of ether oxygens (including phenoxy) is 1. The molecule has 0 aromatic rings. The third-order valence-electron chi connectivity index (χ3n) is 15.3. The van der Waals surface area contributed by atoms with Crippen molar-refractivity contribution in [1.29, 1.82) is 0 Å². The van der Waals surface area contributed by atoms with E-state index in [1.165, 1.54) is 193 Å². The summed E-state index contributed by atoms with van der Waals surface area (Å²) in [6, 6.07) is -0.893. The molecule has 0 aromatic carbocycles. The van der Waals surface area contributed by atoms with Gasteiger partial charge in [0.15, 0.2) is 0 Å². The molecule has 1 N–H and O–H groups in total. The second-order valence-electron chi connectivity index (χ2n) is 24.3. The number of amides is 1. The van der Waals surface area contributed by atoms with Gasteiger partial charge in [0.1, 0.15) is 19.3 Å². The van der Waals surface area contributed by atoms with Gasteiger partial charge in [0.05, 0.1) is 33.8 Å². The SMILES string of the molecule is CC/C=C/C/C=C/C/C=C/CCCCCCCCC(=O)NC(COP(=O)([O-])OCC[N+](C)(C)C)C(/C=C\CCCCCCCCCCCC)OC(=O)CCCCCCCCCCCCCCCCCCCCCCCCCCC. The normalized spacial score (nSPS) is 13.9. The molecule has 0 bridgehead atoms. The van der Waals surface area contributed by atoms with Crippen LogP contribution in [0.1, 0.15) is 329 Å². The molecule has 0 saturated carbocycles. The maximum Gasteiger partial charge on any atom is 0.306 e. The number of nitrogens with zero attached hydrogens (tertiary/aromatic N) is 1. The first-order valence-electron chi connectivity index (χ1n) is 33.9. The van der Waals surface area contributed by atoms with Crippen LogP contribution in [0, 0.1) is 0 Å². The summed E-state index contributed by atoms with van der Waals surface area (Å²) in [7, 11) is 1.18. The zero-order valence-electron chi connectivity index (χ0n) is 53.1. The summed E-state index contributed by atoms with van der Waals surface area (Å²) in [6.07, 6.45) is 73.8. The molecule has 0 aliphatic heterocycles. The molecule has 0 saturated heterocycles. The first kappa shape index (κ1) is 77.0. The van der Waals surface area contributed by atoms with Crippen molar-refractivity contribution in [2.75, 3.05) is 40.9 Å². The van der Waals surface area contributed by atoms with Gasteiger partial charge in [0, 0.05) is 12.8 Å². The van der Waals surface area contributed by atoms with Crippen LogP contribution in [-0.4, -0.2) is 69.4 Å². The van der Waals surface area contributed by atoms with Crippen molar-refractivity contribution in [3.05, 3.63) is 48.6 Å². The Morgan fingerprint density at radius 1 is 0.456 bits per heavy atom. The fourth-order valence-corrected chi connectivity index (χ4v) is 10.8. The number of quaternary nitrogens is 1. The van der Waals surface area contributed by atoms with E-state index in [1.807, 2.05) is 33.3 Å². The van der Waals surface area contributed by atoms with E-state index in [-0.39, 0.29) is 24.9 Å². The molecule has 0 heterocycles. The predicted octanol–water partition coefficient (Wildman–Crippen LogP) is 20.6. The Hall–Kier alpha value is -2.03. The molecule has 0 aliphatic carbocycles. The highest BCUT2D eigenvalue weighted by atomic mass is 31.2. The first-order chi connectivity index (χ1) is 38.4. The molecule has 0 aliphatic rings. The molecule has 79 heavy (non-hydrogen) atoms. The van der Waals surface area contributed by atoms with Crippen molar-refractivity contribution < 1.29 is 37.3 Å². The number of unbranched alkanes of at least 4 members (excludes halogenated alkanes) is 40. The van der Waals surface area contributed by atoms with Crippen LogP contribution in [0.5, 0.6) is 0 Å². The highest BCUT2D eigenvalue weighted by molar-refractivity contribution is 7.45. The van der Waals surface area contributed by atoms with Crippen LogP contribution in [0.3, 0.4) is 0 Å². The summed E-state index contributed by atoms with van der Waals surface area (Å²) in [4.78, 5) is 40.1. The minimum atomic E-state index is -4.70. The Morgan fingerprint density at radius 3 is 1.22 bits per heavy atom. The van der Waals surface area contributed by atoms with Crippen molar-refractivity contribution >= 4 is 19.7 Å². The lowest BCUT2D eigenvalue weighted by Gasteiger charge is -2.30. The van der Waals surface area contributed by atoms with E-state index in [4.69, 9.17) is 13.8 Å². The molecular weight excluding hydrogens is 1000 g/mol. The van der Waals surface area contributed by atoms with Gasteiger partial charge in [-0.1, -0.05) is 301 Å². The third kappa shape index (κ3) is 60.4. The van der Waals surface area contributed by atoms with Gasteiger partial charge in [-0.3, -0.25) is 14.2 Å².